The van der Waals surface area contributed by atoms with Crippen LogP contribution in [0.1, 0.15) is 50.9 Å². The van der Waals surface area contributed by atoms with E-state index in [0.717, 1.165) is 23.7 Å². The normalized spacial score (nSPS) is 12.3. The smallest absolute Gasteiger partial charge is 0.235 e. The lowest BCUT2D eigenvalue weighted by atomic mass is 10.0. The van der Waals surface area contributed by atoms with E-state index in [4.69, 9.17) is 9.57 Å². The van der Waals surface area contributed by atoms with Gasteiger partial charge in [0.25, 0.3) is 0 Å². The second-order valence-electron chi connectivity index (χ2n) is 5.18. The van der Waals surface area contributed by atoms with Gasteiger partial charge in [0.05, 0.1) is 19.2 Å². The number of aromatic nitrogens is 1. The van der Waals surface area contributed by atoms with Crippen molar-refractivity contribution in [3.63, 3.8) is 0 Å². The van der Waals surface area contributed by atoms with Gasteiger partial charge in [-0.1, -0.05) is 26.7 Å². The monoisotopic (exact) mass is 266 g/mol. The van der Waals surface area contributed by atoms with Crippen molar-refractivity contribution >= 4 is 0 Å². The summed E-state index contributed by atoms with van der Waals surface area (Å²) in [6.07, 6.45) is 4.97. The van der Waals surface area contributed by atoms with Crippen molar-refractivity contribution in [2.75, 3.05) is 13.7 Å². The minimum atomic E-state index is 0.647. The Morgan fingerprint density at radius 2 is 1.79 bits per heavy atom. The third kappa shape index (κ3) is 4.73. The van der Waals surface area contributed by atoms with E-state index in [2.05, 4.69) is 13.8 Å². The van der Waals surface area contributed by atoms with Gasteiger partial charge in [-0.05, 0) is 18.8 Å². The first kappa shape index (κ1) is 15.8. The largest absolute Gasteiger partial charge is 0.496 e. The maximum Gasteiger partial charge on any atom is 0.235 e. The molecule has 0 saturated heterocycles. The quantitative estimate of drug-likeness (QED) is 0.674. The number of nitrogens with zero attached hydrogens (tertiary/aromatic N) is 1. The van der Waals surface area contributed by atoms with Crippen LogP contribution in [0.15, 0.2) is 12.1 Å². The van der Waals surface area contributed by atoms with Gasteiger partial charge in [0, 0.05) is 18.6 Å². The number of rotatable bonds is 8. The minimum Gasteiger partial charge on any atom is -0.496 e. The van der Waals surface area contributed by atoms with E-state index in [9.17, 15) is 0 Å². The Kier molecular flexibility index (Phi) is 6.68. The molecule has 1 atom stereocenters. The highest BCUT2D eigenvalue weighted by atomic mass is 16.7. The molecule has 0 fully saturated rings. The highest BCUT2D eigenvalue weighted by Crippen LogP contribution is 2.13. The van der Waals surface area contributed by atoms with Gasteiger partial charge in [-0.3, -0.25) is 4.84 Å². The summed E-state index contributed by atoms with van der Waals surface area (Å²) in [7, 11) is 1.69. The molecule has 1 unspecified atom stereocenters. The first-order chi connectivity index (χ1) is 9.12. The van der Waals surface area contributed by atoms with Crippen LogP contribution in [0.2, 0.25) is 0 Å². The Morgan fingerprint density at radius 1 is 1.16 bits per heavy atom. The van der Waals surface area contributed by atoms with Crippen LogP contribution < -0.4 is 14.3 Å². The van der Waals surface area contributed by atoms with Crippen LogP contribution in [0, 0.1) is 19.8 Å². The van der Waals surface area contributed by atoms with E-state index in [-0.39, 0.29) is 0 Å². The van der Waals surface area contributed by atoms with Gasteiger partial charge in [-0.15, -0.1) is 0 Å². The topological polar surface area (TPSA) is 22.3 Å². The first-order valence-electron chi connectivity index (χ1n) is 7.32. The van der Waals surface area contributed by atoms with Gasteiger partial charge in [-0.25, -0.2) is 0 Å². The summed E-state index contributed by atoms with van der Waals surface area (Å²) in [5.41, 5.74) is 2.14. The van der Waals surface area contributed by atoms with Crippen molar-refractivity contribution in [1.29, 1.82) is 0 Å². The lowest BCUT2D eigenvalue weighted by Crippen LogP contribution is -2.49. The summed E-state index contributed by atoms with van der Waals surface area (Å²) in [5.74, 6) is 1.53. The molecule has 0 aliphatic heterocycles. The third-order valence-corrected chi connectivity index (χ3v) is 3.56. The highest BCUT2D eigenvalue weighted by molar-refractivity contribution is 5.21. The summed E-state index contributed by atoms with van der Waals surface area (Å²) < 4.78 is 7.18. The van der Waals surface area contributed by atoms with Gasteiger partial charge >= 0.3 is 0 Å². The fourth-order valence-corrected chi connectivity index (χ4v) is 2.25. The van der Waals surface area contributed by atoms with E-state index in [1.54, 1.807) is 7.11 Å². The zero-order valence-corrected chi connectivity index (χ0v) is 13.0. The maximum atomic E-state index is 5.98. The Balaban J connectivity index is 2.66. The van der Waals surface area contributed by atoms with Crippen LogP contribution in [0.5, 0.6) is 5.75 Å². The molecule has 1 rings (SSSR count). The number of ether oxygens (including phenoxy) is 1. The molecule has 108 valence electrons. The molecule has 3 heteroatoms. The van der Waals surface area contributed by atoms with Gasteiger partial charge < -0.3 is 4.74 Å². The van der Waals surface area contributed by atoms with Gasteiger partial charge in [0.2, 0.25) is 11.4 Å². The van der Waals surface area contributed by atoms with Crippen LogP contribution in [0.3, 0.4) is 0 Å². The van der Waals surface area contributed by atoms with Crippen LogP contribution >= 0.6 is 0 Å². The first-order valence-corrected chi connectivity index (χ1v) is 7.32. The summed E-state index contributed by atoms with van der Waals surface area (Å²) in [6.45, 7) is 9.35. The van der Waals surface area contributed by atoms with Crippen molar-refractivity contribution in [2.45, 2.75) is 53.4 Å². The Morgan fingerprint density at radius 3 is 2.26 bits per heavy atom. The number of unbranched alkanes of at least 4 members (excludes halogenated alkanes) is 1. The number of hydrogen-bond acceptors (Lipinski definition) is 2. The molecule has 0 bridgehead atoms. The van der Waals surface area contributed by atoms with Gasteiger partial charge in [-0.2, -0.15) is 0 Å². The SMILES string of the molecule is CCCCC(CC)CO[n+]1c(C)cc(OC)cc1C. The van der Waals surface area contributed by atoms with E-state index in [0.29, 0.717) is 5.92 Å². The van der Waals surface area contributed by atoms with Crippen molar-refractivity contribution in [3.8, 4) is 5.75 Å². The van der Waals surface area contributed by atoms with E-state index in [1.165, 1.54) is 25.7 Å². The lowest BCUT2D eigenvalue weighted by Gasteiger charge is -2.13. The molecule has 0 aromatic carbocycles. The van der Waals surface area contributed by atoms with Gasteiger partial charge in [0.15, 0.2) is 6.61 Å². The molecule has 19 heavy (non-hydrogen) atoms. The Hall–Kier alpha value is -1.25. The second-order valence-corrected chi connectivity index (χ2v) is 5.18. The predicted molar refractivity (Wildman–Crippen MR) is 77.4 cm³/mol. The van der Waals surface area contributed by atoms with E-state index >= 15 is 0 Å². The fourth-order valence-electron chi connectivity index (χ4n) is 2.25. The van der Waals surface area contributed by atoms with Crippen molar-refractivity contribution < 1.29 is 14.3 Å². The zero-order chi connectivity index (χ0) is 14.3. The predicted octanol–water partition coefficient (Wildman–Crippen LogP) is 3.24. The molecule has 1 aromatic heterocycles. The number of aryl methyl sites for hydroxylation is 2. The molecule has 1 aromatic rings. The van der Waals surface area contributed by atoms with Crippen LogP contribution in [0.25, 0.3) is 0 Å². The second kappa shape index (κ2) is 8.03. The van der Waals surface area contributed by atoms with E-state index < -0.39 is 0 Å². The molecule has 0 saturated carbocycles. The molecule has 0 spiro atoms. The van der Waals surface area contributed by atoms with Crippen LogP contribution in [-0.4, -0.2) is 13.7 Å². The number of pyridine rings is 1. The summed E-state index contributed by atoms with van der Waals surface area (Å²) in [6, 6.07) is 4.00. The average molecular weight is 266 g/mol. The van der Waals surface area contributed by atoms with Crippen molar-refractivity contribution in [1.82, 2.24) is 0 Å². The Bertz CT molecular complexity index is 367. The zero-order valence-electron chi connectivity index (χ0n) is 13.0. The highest BCUT2D eigenvalue weighted by Gasteiger charge is 2.17. The molecule has 0 aliphatic rings. The number of hydrogen-bond donors (Lipinski definition) is 0. The van der Waals surface area contributed by atoms with E-state index in [1.807, 2.05) is 30.7 Å². The van der Waals surface area contributed by atoms with Crippen LogP contribution in [0.4, 0.5) is 0 Å². The molecule has 0 amide bonds. The molecule has 0 radical (unpaired) electrons. The standard InChI is InChI=1S/C16H28NO2/c1-6-8-9-15(7-2)12-19-17-13(3)10-16(18-5)11-14(17)4/h10-11,15H,6-9,12H2,1-5H3/q+1. The molecule has 0 N–H and O–H groups in total. The van der Waals surface area contributed by atoms with Crippen molar-refractivity contribution in [2.24, 2.45) is 5.92 Å². The van der Waals surface area contributed by atoms with Crippen LogP contribution in [-0.2, 0) is 0 Å². The molecular formula is C16H28NO2+. The molecular weight excluding hydrogens is 238 g/mol. The van der Waals surface area contributed by atoms with Crippen molar-refractivity contribution in [3.05, 3.63) is 23.5 Å². The van der Waals surface area contributed by atoms with Gasteiger partial charge in [0.1, 0.15) is 5.75 Å². The summed E-state index contributed by atoms with van der Waals surface area (Å²) >= 11 is 0. The minimum absolute atomic E-state index is 0.647. The molecule has 1 heterocycles. The third-order valence-electron chi connectivity index (χ3n) is 3.56. The average Bonchev–Trinajstić information content (AvgIpc) is 2.40. The number of methoxy groups -OCH3 is 1. The fraction of sp³-hybridized carbons (Fsp3) is 0.688. The molecule has 0 aliphatic carbocycles. The maximum absolute atomic E-state index is 5.98. The summed E-state index contributed by atoms with van der Waals surface area (Å²) in [4.78, 5) is 5.98. The molecule has 3 nitrogen and oxygen atoms in total. The Labute approximate surface area is 117 Å². The lowest BCUT2D eigenvalue weighted by molar-refractivity contribution is -0.900. The summed E-state index contributed by atoms with van der Waals surface area (Å²) in [5, 5.41) is 0.